The molecule has 1 atom stereocenters. The molecule has 1 aromatic heterocycles. The number of aromatic nitrogens is 2. The summed E-state index contributed by atoms with van der Waals surface area (Å²) in [6.45, 7) is 2.26. The standard InChI is InChI=1S/C11H19BrN4/c1-14(2)8-9-5-4-6-16(9)11-7-10(12)13-15(11)3/h7,9H,4-6,8H2,1-3H3. The number of anilines is 1. The fourth-order valence-corrected chi connectivity index (χ4v) is 2.88. The zero-order chi connectivity index (χ0) is 11.7. The molecule has 2 rings (SSSR count). The van der Waals surface area contributed by atoms with Gasteiger partial charge in [0.1, 0.15) is 10.4 Å². The van der Waals surface area contributed by atoms with Gasteiger partial charge in [-0.15, -0.1) is 0 Å². The average Bonchev–Trinajstić information content (AvgIpc) is 2.72. The van der Waals surface area contributed by atoms with E-state index in [0.29, 0.717) is 6.04 Å². The molecule has 5 heteroatoms. The summed E-state index contributed by atoms with van der Waals surface area (Å²) in [6.07, 6.45) is 2.56. The van der Waals surface area contributed by atoms with Gasteiger partial charge < -0.3 is 9.80 Å². The summed E-state index contributed by atoms with van der Waals surface area (Å²) in [6, 6.07) is 2.73. The first kappa shape index (κ1) is 11.9. The van der Waals surface area contributed by atoms with E-state index < -0.39 is 0 Å². The molecule has 1 unspecified atom stereocenters. The minimum atomic E-state index is 0.622. The highest BCUT2D eigenvalue weighted by molar-refractivity contribution is 9.10. The Balaban J connectivity index is 2.16. The van der Waals surface area contributed by atoms with Gasteiger partial charge in [0.05, 0.1) is 0 Å². The number of likely N-dealkylation sites (N-methyl/N-ethyl adjacent to an activating group) is 1. The summed E-state index contributed by atoms with van der Waals surface area (Å²) >= 11 is 3.43. The van der Waals surface area contributed by atoms with Gasteiger partial charge in [-0.25, -0.2) is 0 Å². The number of nitrogens with zero attached hydrogens (tertiary/aromatic N) is 4. The Morgan fingerprint density at radius 1 is 1.56 bits per heavy atom. The molecular weight excluding hydrogens is 268 g/mol. The van der Waals surface area contributed by atoms with Crippen molar-refractivity contribution >= 4 is 21.7 Å². The zero-order valence-corrected chi connectivity index (χ0v) is 11.7. The largest absolute Gasteiger partial charge is 0.353 e. The third-order valence-electron chi connectivity index (χ3n) is 3.07. The van der Waals surface area contributed by atoms with Crippen LogP contribution in [0.5, 0.6) is 0 Å². The van der Waals surface area contributed by atoms with Gasteiger partial charge in [-0.3, -0.25) is 4.68 Å². The van der Waals surface area contributed by atoms with E-state index in [0.717, 1.165) is 17.7 Å². The molecular formula is C11H19BrN4. The normalized spacial score (nSPS) is 21.1. The van der Waals surface area contributed by atoms with Crippen LogP contribution in [0.25, 0.3) is 0 Å². The summed E-state index contributed by atoms with van der Waals surface area (Å²) in [5.74, 6) is 1.22. The van der Waals surface area contributed by atoms with E-state index in [1.165, 1.54) is 18.7 Å². The topological polar surface area (TPSA) is 24.3 Å². The van der Waals surface area contributed by atoms with Crippen molar-refractivity contribution in [2.45, 2.75) is 18.9 Å². The van der Waals surface area contributed by atoms with Crippen LogP contribution in [0.4, 0.5) is 5.82 Å². The van der Waals surface area contributed by atoms with Crippen molar-refractivity contribution in [2.75, 3.05) is 32.1 Å². The molecule has 0 spiro atoms. The Bertz CT molecular complexity index is 361. The van der Waals surface area contributed by atoms with Crippen LogP contribution in [0.1, 0.15) is 12.8 Å². The summed E-state index contributed by atoms with van der Waals surface area (Å²) in [5.41, 5.74) is 0. The van der Waals surface area contributed by atoms with Crippen LogP contribution < -0.4 is 4.90 Å². The Labute approximate surface area is 105 Å². The second kappa shape index (κ2) is 4.75. The van der Waals surface area contributed by atoms with Gasteiger partial charge in [-0.2, -0.15) is 5.10 Å². The highest BCUT2D eigenvalue weighted by Gasteiger charge is 2.27. The molecule has 0 radical (unpaired) electrons. The van der Waals surface area contributed by atoms with Crippen LogP contribution in [0.3, 0.4) is 0 Å². The fraction of sp³-hybridized carbons (Fsp3) is 0.727. The maximum atomic E-state index is 4.35. The molecule has 1 aliphatic heterocycles. The maximum absolute atomic E-state index is 4.35. The average molecular weight is 287 g/mol. The summed E-state index contributed by atoms with van der Waals surface area (Å²) in [5, 5.41) is 4.35. The van der Waals surface area contributed by atoms with Crippen molar-refractivity contribution in [2.24, 2.45) is 7.05 Å². The molecule has 90 valence electrons. The Hall–Kier alpha value is -0.550. The summed E-state index contributed by atoms with van der Waals surface area (Å²) in [4.78, 5) is 4.73. The van der Waals surface area contributed by atoms with Crippen molar-refractivity contribution in [3.8, 4) is 0 Å². The van der Waals surface area contributed by atoms with Crippen LogP contribution in [0.2, 0.25) is 0 Å². The molecule has 0 bridgehead atoms. The molecule has 1 saturated heterocycles. The lowest BCUT2D eigenvalue weighted by Crippen LogP contribution is -2.38. The monoisotopic (exact) mass is 286 g/mol. The molecule has 1 fully saturated rings. The molecule has 2 heterocycles. The van der Waals surface area contributed by atoms with Crippen LogP contribution in [-0.4, -0.2) is 47.9 Å². The predicted molar refractivity (Wildman–Crippen MR) is 69.8 cm³/mol. The number of halogens is 1. The van der Waals surface area contributed by atoms with Crippen LogP contribution >= 0.6 is 15.9 Å². The van der Waals surface area contributed by atoms with Crippen LogP contribution in [0.15, 0.2) is 10.7 Å². The maximum Gasteiger partial charge on any atom is 0.130 e. The van der Waals surface area contributed by atoms with Gasteiger partial charge in [0, 0.05) is 32.2 Å². The van der Waals surface area contributed by atoms with Gasteiger partial charge in [-0.1, -0.05) is 0 Å². The molecule has 0 N–H and O–H groups in total. The third kappa shape index (κ3) is 2.40. The molecule has 4 nitrogen and oxygen atoms in total. The Morgan fingerprint density at radius 3 is 2.88 bits per heavy atom. The molecule has 0 aliphatic carbocycles. The van der Waals surface area contributed by atoms with Gasteiger partial charge in [0.25, 0.3) is 0 Å². The van der Waals surface area contributed by atoms with E-state index in [4.69, 9.17) is 0 Å². The Kier molecular flexibility index (Phi) is 3.54. The minimum absolute atomic E-state index is 0.622. The van der Waals surface area contributed by atoms with Crippen molar-refractivity contribution in [1.82, 2.24) is 14.7 Å². The van der Waals surface area contributed by atoms with Crippen molar-refractivity contribution < 1.29 is 0 Å². The highest BCUT2D eigenvalue weighted by atomic mass is 79.9. The minimum Gasteiger partial charge on any atom is -0.353 e. The summed E-state index contributed by atoms with van der Waals surface area (Å²) in [7, 11) is 6.27. The van der Waals surface area contributed by atoms with E-state index in [1.54, 1.807) is 0 Å². The van der Waals surface area contributed by atoms with Crippen molar-refractivity contribution in [1.29, 1.82) is 0 Å². The van der Waals surface area contributed by atoms with E-state index in [2.05, 4.69) is 51.0 Å². The second-order valence-corrected chi connectivity index (χ2v) is 5.51. The number of rotatable bonds is 3. The van der Waals surface area contributed by atoms with Crippen molar-refractivity contribution in [3.05, 3.63) is 10.7 Å². The molecule has 0 amide bonds. The molecule has 1 aliphatic rings. The first-order valence-electron chi connectivity index (χ1n) is 5.69. The van der Waals surface area contributed by atoms with E-state index in [-0.39, 0.29) is 0 Å². The number of aryl methyl sites for hydroxylation is 1. The van der Waals surface area contributed by atoms with E-state index in [1.807, 2.05) is 11.7 Å². The van der Waals surface area contributed by atoms with Gasteiger partial charge in [-0.05, 0) is 42.9 Å². The van der Waals surface area contributed by atoms with Gasteiger partial charge >= 0.3 is 0 Å². The predicted octanol–water partition coefficient (Wildman–Crippen LogP) is 1.71. The lowest BCUT2D eigenvalue weighted by Gasteiger charge is -2.28. The molecule has 16 heavy (non-hydrogen) atoms. The fourth-order valence-electron chi connectivity index (χ4n) is 2.44. The van der Waals surface area contributed by atoms with E-state index in [9.17, 15) is 0 Å². The lowest BCUT2D eigenvalue weighted by atomic mass is 10.2. The molecule has 1 aromatic rings. The Morgan fingerprint density at radius 2 is 2.31 bits per heavy atom. The zero-order valence-electron chi connectivity index (χ0n) is 10.1. The van der Waals surface area contributed by atoms with Crippen LogP contribution in [0, 0.1) is 0 Å². The SMILES string of the molecule is CN(C)CC1CCCN1c1cc(Br)nn1C. The first-order valence-corrected chi connectivity index (χ1v) is 6.48. The molecule has 0 aromatic carbocycles. The van der Waals surface area contributed by atoms with Crippen LogP contribution in [-0.2, 0) is 7.05 Å². The van der Waals surface area contributed by atoms with Gasteiger partial charge in [0.2, 0.25) is 0 Å². The lowest BCUT2D eigenvalue weighted by molar-refractivity contribution is 0.370. The highest BCUT2D eigenvalue weighted by Crippen LogP contribution is 2.27. The number of hydrogen-bond acceptors (Lipinski definition) is 3. The summed E-state index contributed by atoms with van der Waals surface area (Å²) < 4.78 is 2.87. The second-order valence-electron chi connectivity index (χ2n) is 4.70. The number of hydrogen-bond donors (Lipinski definition) is 0. The van der Waals surface area contributed by atoms with Gasteiger partial charge in [0.15, 0.2) is 0 Å². The van der Waals surface area contributed by atoms with Crippen molar-refractivity contribution in [3.63, 3.8) is 0 Å². The third-order valence-corrected chi connectivity index (χ3v) is 3.46. The van der Waals surface area contributed by atoms with E-state index >= 15 is 0 Å². The molecule has 0 saturated carbocycles. The first-order chi connectivity index (χ1) is 7.58. The smallest absolute Gasteiger partial charge is 0.130 e. The quantitative estimate of drug-likeness (QED) is 0.846.